The zero-order valence-corrected chi connectivity index (χ0v) is 18.9. The lowest BCUT2D eigenvalue weighted by molar-refractivity contribution is -0.159. The molecule has 8 heteroatoms. The predicted molar refractivity (Wildman–Crippen MR) is 130 cm³/mol. The number of ether oxygens (including phenoxy) is 1. The summed E-state index contributed by atoms with van der Waals surface area (Å²) in [5.74, 6) is -2.60. The maximum absolute atomic E-state index is 11.5. The Morgan fingerprint density at radius 3 is 2.59 bits per heavy atom. The second-order valence-electron chi connectivity index (χ2n) is 7.92. The van der Waals surface area contributed by atoms with E-state index in [9.17, 15) is 4.79 Å². The van der Waals surface area contributed by atoms with Crippen molar-refractivity contribution in [3.05, 3.63) is 71.3 Å². The van der Waals surface area contributed by atoms with Crippen LogP contribution in [0.15, 0.2) is 54.6 Å². The average molecular weight is 465 g/mol. The number of carbonyl (C=O) groups is 3. The van der Waals surface area contributed by atoms with Crippen LogP contribution in [0.2, 0.25) is 0 Å². The molecule has 2 aliphatic heterocycles. The summed E-state index contributed by atoms with van der Waals surface area (Å²) < 4.78 is 5.52. The van der Waals surface area contributed by atoms with Crippen LogP contribution in [-0.2, 0) is 20.8 Å². The van der Waals surface area contributed by atoms with E-state index >= 15 is 0 Å². The first-order valence-electron chi connectivity index (χ1n) is 11.0. The molecular weight excluding hydrogens is 436 g/mol. The van der Waals surface area contributed by atoms with Crippen molar-refractivity contribution in [3.8, 4) is 5.75 Å². The molecule has 2 aromatic carbocycles. The number of para-hydroxylation sites is 1. The van der Waals surface area contributed by atoms with Crippen LogP contribution < -0.4 is 15.4 Å². The molecule has 0 fully saturated rings. The highest BCUT2D eigenvalue weighted by molar-refractivity contribution is 6.27. The van der Waals surface area contributed by atoms with Crippen LogP contribution in [0.1, 0.15) is 36.0 Å². The van der Waals surface area contributed by atoms with Gasteiger partial charge in [-0.3, -0.25) is 4.79 Å². The van der Waals surface area contributed by atoms with Crippen molar-refractivity contribution in [3.63, 3.8) is 0 Å². The molecule has 1 unspecified atom stereocenters. The molecule has 1 amide bonds. The maximum Gasteiger partial charge on any atom is 0.414 e. The molecule has 0 bridgehead atoms. The first-order chi connectivity index (χ1) is 16.4. The van der Waals surface area contributed by atoms with E-state index in [0.717, 1.165) is 37.2 Å². The van der Waals surface area contributed by atoms with E-state index < -0.39 is 11.9 Å². The fraction of sp³-hybridized carbons (Fsp3) is 0.269. The van der Waals surface area contributed by atoms with Crippen molar-refractivity contribution in [2.75, 3.05) is 19.0 Å². The second-order valence-corrected chi connectivity index (χ2v) is 7.92. The molecule has 1 atom stereocenters. The van der Waals surface area contributed by atoms with Gasteiger partial charge in [0.15, 0.2) is 0 Å². The van der Waals surface area contributed by atoms with E-state index in [-0.39, 0.29) is 5.91 Å². The zero-order valence-electron chi connectivity index (χ0n) is 18.9. The highest BCUT2D eigenvalue weighted by Gasteiger charge is 2.16. The van der Waals surface area contributed by atoms with E-state index in [1.165, 1.54) is 22.3 Å². The number of nitrogens with one attached hydrogen (secondary N) is 2. The van der Waals surface area contributed by atoms with Gasteiger partial charge in [-0.25, -0.2) is 9.59 Å². The molecule has 0 spiro atoms. The lowest BCUT2D eigenvalue weighted by Gasteiger charge is -2.23. The minimum atomic E-state index is -1.82. The summed E-state index contributed by atoms with van der Waals surface area (Å²) in [5.41, 5.74) is 5.89. The minimum Gasteiger partial charge on any atom is -0.496 e. The number of aliphatic carboxylic acids is 2. The Bertz CT molecular complexity index is 1110. The fourth-order valence-corrected chi connectivity index (χ4v) is 3.92. The van der Waals surface area contributed by atoms with Crippen LogP contribution in [0.3, 0.4) is 0 Å². The summed E-state index contributed by atoms with van der Waals surface area (Å²) in [7, 11) is 1.73. The third-order valence-corrected chi connectivity index (χ3v) is 5.56. The number of fused-ring (bicyclic) bond motifs is 1. The molecule has 2 aliphatic rings. The molecule has 0 saturated heterocycles. The summed E-state index contributed by atoms with van der Waals surface area (Å²) >= 11 is 0. The number of aryl methyl sites for hydroxylation is 1. The van der Waals surface area contributed by atoms with Crippen molar-refractivity contribution in [2.24, 2.45) is 0 Å². The molecule has 2 heterocycles. The monoisotopic (exact) mass is 464 g/mol. The van der Waals surface area contributed by atoms with Crippen molar-refractivity contribution in [1.29, 1.82) is 0 Å². The van der Waals surface area contributed by atoms with Gasteiger partial charge in [-0.05, 0) is 60.7 Å². The van der Waals surface area contributed by atoms with Gasteiger partial charge in [0.25, 0.3) is 0 Å². The van der Waals surface area contributed by atoms with E-state index in [4.69, 9.17) is 24.5 Å². The molecule has 34 heavy (non-hydrogen) atoms. The standard InChI is InChI=1S/C24H26N2O2.C2H2O4/c1-28-23-8-3-2-7-21(23)18-13-14-25-20(16-18)6-4-5-17-9-11-22-19(15-17)10-12-24(27)26-22;3-1(4)2(5)6/h2-5,7-9,11,15-16,20,25H,6,10,12-14H2,1H3,(H,26,27);(H,3,4)(H,5,6). The topological polar surface area (TPSA) is 125 Å². The second kappa shape index (κ2) is 11.8. The number of carbonyl (C=O) groups excluding carboxylic acids is 1. The number of carboxylic acids is 2. The zero-order chi connectivity index (χ0) is 24.5. The third kappa shape index (κ3) is 6.79. The largest absolute Gasteiger partial charge is 0.496 e. The molecule has 4 rings (SSSR count). The van der Waals surface area contributed by atoms with Crippen LogP contribution >= 0.6 is 0 Å². The summed E-state index contributed by atoms with van der Waals surface area (Å²) in [5, 5.41) is 21.3. The lowest BCUT2D eigenvalue weighted by Crippen LogP contribution is -2.31. The molecular formula is C26H28N2O6. The van der Waals surface area contributed by atoms with Gasteiger partial charge < -0.3 is 25.6 Å². The smallest absolute Gasteiger partial charge is 0.414 e. The van der Waals surface area contributed by atoms with Gasteiger partial charge in [0.2, 0.25) is 5.91 Å². The SMILES string of the molecule is COc1ccccc1C1=CC(CC=Cc2ccc3c(c2)CCC(=O)N3)NCC1.O=C(O)C(=O)O. The van der Waals surface area contributed by atoms with Gasteiger partial charge in [0.05, 0.1) is 7.11 Å². The van der Waals surface area contributed by atoms with Gasteiger partial charge in [-0.1, -0.05) is 42.5 Å². The van der Waals surface area contributed by atoms with E-state index in [2.05, 4.69) is 53.1 Å². The van der Waals surface area contributed by atoms with Crippen molar-refractivity contribution in [2.45, 2.75) is 31.7 Å². The van der Waals surface area contributed by atoms with E-state index in [1.807, 2.05) is 18.2 Å². The van der Waals surface area contributed by atoms with Crippen LogP contribution in [0.5, 0.6) is 5.75 Å². The summed E-state index contributed by atoms with van der Waals surface area (Å²) in [6.07, 6.45) is 10.1. The number of benzene rings is 2. The number of anilines is 1. The molecule has 0 saturated carbocycles. The van der Waals surface area contributed by atoms with Gasteiger partial charge in [-0.15, -0.1) is 0 Å². The van der Waals surface area contributed by atoms with Gasteiger partial charge >= 0.3 is 11.9 Å². The van der Waals surface area contributed by atoms with Crippen molar-refractivity contribution in [1.82, 2.24) is 5.32 Å². The third-order valence-electron chi connectivity index (χ3n) is 5.56. The van der Waals surface area contributed by atoms with Crippen LogP contribution in [0.25, 0.3) is 11.6 Å². The summed E-state index contributed by atoms with van der Waals surface area (Å²) in [6, 6.07) is 14.8. The molecule has 0 radical (unpaired) electrons. The number of hydrogen-bond acceptors (Lipinski definition) is 5. The Kier molecular flexibility index (Phi) is 8.59. The number of methoxy groups -OCH3 is 1. The lowest BCUT2D eigenvalue weighted by atomic mass is 9.95. The highest BCUT2D eigenvalue weighted by atomic mass is 16.5. The number of hydrogen-bond donors (Lipinski definition) is 4. The quantitative estimate of drug-likeness (QED) is 0.499. The van der Waals surface area contributed by atoms with E-state index in [1.54, 1.807) is 7.11 Å². The average Bonchev–Trinajstić information content (AvgIpc) is 2.84. The Balaban J connectivity index is 0.000000481. The normalized spacial score (nSPS) is 17.0. The number of carboxylic acid groups (broad SMARTS) is 2. The van der Waals surface area contributed by atoms with Gasteiger partial charge in [-0.2, -0.15) is 0 Å². The molecule has 8 nitrogen and oxygen atoms in total. The Labute approximate surface area is 197 Å². The first kappa shape index (κ1) is 24.7. The highest BCUT2D eigenvalue weighted by Crippen LogP contribution is 2.30. The Morgan fingerprint density at radius 1 is 1.09 bits per heavy atom. The Morgan fingerprint density at radius 2 is 1.85 bits per heavy atom. The molecule has 0 aromatic heterocycles. The molecule has 178 valence electrons. The van der Waals surface area contributed by atoms with Crippen LogP contribution in [0, 0.1) is 0 Å². The van der Waals surface area contributed by atoms with Crippen LogP contribution in [0.4, 0.5) is 5.69 Å². The Hall–Kier alpha value is -3.91. The number of rotatable bonds is 5. The van der Waals surface area contributed by atoms with Crippen LogP contribution in [-0.4, -0.2) is 47.8 Å². The van der Waals surface area contributed by atoms with E-state index in [0.29, 0.717) is 12.5 Å². The van der Waals surface area contributed by atoms with Gasteiger partial charge in [0, 0.05) is 23.7 Å². The maximum atomic E-state index is 11.5. The molecule has 2 aromatic rings. The summed E-state index contributed by atoms with van der Waals surface area (Å²) in [6.45, 7) is 0.973. The van der Waals surface area contributed by atoms with Crippen molar-refractivity contribution >= 4 is 35.2 Å². The molecule has 4 N–H and O–H groups in total. The summed E-state index contributed by atoms with van der Waals surface area (Å²) in [4.78, 5) is 29.7. The minimum absolute atomic E-state index is 0.108. The first-order valence-corrected chi connectivity index (χ1v) is 11.0. The predicted octanol–water partition coefficient (Wildman–Crippen LogP) is 3.58. The fourth-order valence-electron chi connectivity index (χ4n) is 3.92. The van der Waals surface area contributed by atoms with Crippen molar-refractivity contribution < 1.29 is 29.3 Å². The van der Waals surface area contributed by atoms with Gasteiger partial charge in [0.1, 0.15) is 5.75 Å². The molecule has 0 aliphatic carbocycles. The number of amides is 1.